The topological polar surface area (TPSA) is 80.7 Å². The molecule has 1 N–H and O–H groups in total. The van der Waals surface area contributed by atoms with Gasteiger partial charge in [-0.2, -0.15) is 8.42 Å². The maximum absolute atomic E-state index is 11.8. The number of hydrogen-bond acceptors (Lipinski definition) is 4. The van der Waals surface area contributed by atoms with Crippen LogP contribution in [0.15, 0.2) is 29.2 Å². The molecule has 0 spiro atoms. The van der Waals surface area contributed by atoms with Gasteiger partial charge >= 0.3 is 5.97 Å². The predicted molar refractivity (Wildman–Crippen MR) is 89.1 cm³/mol. The van der Waals surface area contributed by atoms with Crippen LogP contribution in [0.1, 0.15) is 68.6 Å². The fourth-order valence-corrected chi connectivity index (χ4v) is 2.73. The minimum Gasteiger partial charge on any atom is -0.462 e. The summed E-state index contributed by atoms with van der Waals surface area (Å²) in [5.74, 6) is -0.477. The second-order valence-corrected chi connectivity index (χ2v) is 7.03. The second-order valence-electron chi connectivity index (χ2n) is 5.61. The maximum atomic E-state index is 11.8. The van der Waals surface area contributed by atoms with E-state index in [2.05, 4.69) is 6.92 Å². The highest BCUT2D eigenvalue weighted by Crippen LogP contribution is 2.12. The van der Waals surface area contributed by atoms with Gasteiger partial charge in [-0.25, -0.2) is 4.79 Å². The summed E-state index contributed by atoms with van der Waals surface area (Å²) in [5, 5.41) is 0. The Labute approximate surface area is 138 Å². The third kappa shape index (κ3) is 8.13. The lowest BCUT2D eigenvalue weighted by molar-refractivity contribution is 0.0497. The molecule has 0 saturated heterocycles. The molecule has 0 aliphatic carbocycles. The van der Waals surface area contributed by atoms with Gasteiger partial charge in [0.1, 0.15) is 0 Å². The smallest absolute Gasteiger partial charge is 0.338 e. The molecule has 0 amide bonds. The highest BCUT2D eigenvalue weighted by atomic mass is 32.2. The molecule has 0 radical (unpaired) electrons. The van der Waals surface area contributed by atoms with Crippen LogP contribution in [-0.2, 0) is 14.9 Å². The number of hydrogen-bond donors (Lipinski definition) is 1. The fourth-order valence-electron chi connectivity index (χ4n) is 2.25. The average molecular weight is 342 g/mol. The van der Waals surface area contributed by atoms with E-state index in [0.717, 1.165) is 19.3 Å². The summed E-state index contributed by atoms with van der Waals surface area (Å²) in [6.07, 6.45) is 9.38. The number of unbranched alkanes of at least 4 members (excludes halogenated alkanes) is 7. The fraction of sp³-hybridized carbons (Fsp3) is 0.588. The van der Waals surface area contributed by atoms with Gasteiger partial charge in [0.25, 0.3) is 10.1 Å². The van der Waals surface area contributed by atoms with Crippen molar-refractivity contribution in [2.75, 3.05) is 6.61 Å². The van der Waals surface area contributed by atoms with Crippen LogP contribution >= 0.6 is 0 Å². The summed E-state index contributed by atoms with van der Waals surface area (Å²) in [6, 6.07) is 5.03. The van der Waals surface area contributed by atoms with E-state index in [1.807, 2.05) is 0 Å². The average Bonchev–Trinajstić information content (AvgIpc) is 2.52. The molecule has 1 aromatic carbocycles. The standard InChI is InChI=1S/C17H26O5S/c1-2-3-4-5-6-7-8-9-14-22-17(18)15-10-12-16(13-11-15)23(19,20)21/h10-13H,2-9,14H2,1H3,(H,19,20,21). The van der Waals surface area contributed by atoms with Gasteiger partial charge in [-0.1, -0.05) is 51.9 Å². The zero-order valence-electron chi connectivity index (χ0n) is 13.7. The summed E-state index contributed by atoms with van der Waals surface area (Å²) in [4.78, 5) is 11.5. The molecule has 0 saturated carbocycles. The molecule has 0 aliphatic heterocycles. The highest BCUT2D eigenvalue weighted by Gasteiger charge is 2.12. The molecule has 0 aliphatic rings. The SMILES string of the molecule is CCCCCCCCCCOC(=O)c1ccc(S(=O)(=O)O)cc1. The van der Waals surface area contributed by atoms with Gasteiger partial charge in [-0.15, -0.1) is 0 Å². The van der Waals surface area contributed by atoms with Crippen molar-refractivity contribution < 1.29 is 22.5 Å². The van der Waals surface area contributed by atoms with Crippen LogP contribution in [0.4, 0.5) is 0 Å². The molecule has 0 aromatic heterocycles. The van der Waals surface area contributed by atoms with Gasteiger partial charge < -0.3 is 4.74 Å². The number of carbonyl (C=O) groups is 1. The molecule has 23 heavy (non-hydrogen) atoms. The zero-order chi connectivity index (χ0) is 17.1. The zero-order valence-corrected chi connectivity index (χ0v) is 14.5. The van der Waals surface area contributed by atoms with Crippen molar-refractivity contribution in [3.8, 4) is 0 Å². The second kappa shape index (κ2) is 10.4. The molecule has 6 heteroatoms. The van der Waals surface area contributed by atoms with E-state index < -0.39 is 16.1 Å². The Bertz CT molecular complexity index is 563. The molecular formula is C17H26O5S. The largest absolute Gasteiger partial charge is 0.462 e. The number of esters is 1. The molecule has 0 atom stereocenters. The Balaban J connectivity index is 2.19. The first-order valence-electron chi connectivity index (χ1n) is 8.20. The third-order valence-corrected chi connectivity index (χ3v) is 4.49. The van der Waals surface area contributed by atoms with Crippen LogP contribution in [0.5, 0.6) is 0 Å². The van der Waals surface area contributed by atoms with E-state index in [0.29, 0.717) is 6.61 Å². The van der Waals surface area contributed by atoms with Gasteiger partial charge in [0.15, 0.2) is 0 Å². The molecule has 1 aromatic rings. The van der Waals surface area contributed by atoms with Gasteiger partial charge in [-0.3, -0.25) is 4.55 Å². The Morgan fingerprint density at radius 2 is 1.48 bits per heavy atom. The normalized spacial score (nSPS) is 11.4. The quantitative estimate of drug-likeness (QED) is 0.370. The van der Waals surface area contributed by atoms with Crippen LogP contribution in [0.3, 0.4) is 0 Å². The van der Waals surface area contributed by atoms with Crippen molar-refractivity contribution in [1.82, 2.24) is 0 Å². The van der Waals surface area contributed by atoms with E-state index in [4.69, 9.17) is 9.29 Å². The number of benzene rings is 1. The summed E-state index contributed by atoms with van der Waals surface area (Å²) in [6.45, 7) is 2.57. The van der Waals surface area contributed by atoms with Crippen molar-refractivity contribution in [3.63, 3.8) is 0 Å². The molecule has 0 bridgehead atoms. The Morgan fingerprint density at radius 1 is 0.957 bits per heavy atom. The van der Waals surface area contributed by atoms with Crippen LogP contribution in [0.2, 0.25) is 0 Å². The van der Waals surface area contributed by atoms with E-state index in [1.165, 1.54) is 56.4 Å². The first kappa shape index (κ1) is 19.6. The molecule has 0 unspecified atom stereocenters. The number of ether oxygens (including phenoxy) is 1. The van der Waals surface area contributed by atoms with E-state index in [9.17, 15) is 13.2 Å². The molecule has 130 valence electrons. The molecule has 0 heterocycles. The first-order valence-corrected chi connectivity index (χ1v) is 9.64. The number of rotatable bonds is 11. The van der Waals surface area contributed by atoms with Crippen molar-refractivity contribution in [1.29, 1.82) is 0 Å². The Kier molecular flexibility index (Phi) is 8.87. The van der Waals surface area contributed by atoms with Crippen LogP contribution in [0.25, 0.3) is 0 Å². The maximum Gasteiger partial charge on any atom is 0.338 e. The minimum absolute atomic E-state index is 0.239. The number of carbonyl (C=O) groups excluding carboxylic acids is 1. The Hall–Kier alpha value is -1.40. The lowest BCUT2D eigenvalue weighted by Crippen LogP contribution is -2.07. The van der Waals surface area contributed by atoms with Crippen LogP contribution in [-0.4, -0.2) is 25.5 Å². The molecular weight excluding hydrogens is 316 g/mol. The van der Waals surface area contributed by atoms with Gasteiger partial charge in [0.2, 0.25) is 0 Å². The predicted octanol–water partition coefficient (Wildman–Crippen LogP) is 4.23. The summed E-state index contributed by atoms with van der Waals surface area (Å²) >= 11 is 0. The lowest BCUT2D eigenvalue weighted by atomic mass is 10.1. The van der Waals surface area contributed by atoms with Crippen molar-refractivity contribution in [2.45, 2.75) is 63.2 Å². The molecule has 0 fully saturated rings. The first-order chi connectivity index (χ1) is 10.9. The summed E-state index contributed by atoms with van der Waals surface area (Å²) < 4.78 is 35.8. The van der Waals surface area contributed by atoms with Crippen LogP contribution in [0, 0.1) is 0 Å². The van der Waals surface area contributed by atoms with Crippen molar-refractivity contribution in [3.05, 3.63) is 29.8 Å². The lowest BCUT2D eigenvalue weighted by Gasteiger charge is -2.05. The van der Waals surface area contributed by atoms with Crippen molar-refractivity contribution >= 4 is 16.1 Å². The van der Waals surface area contributed by atoms with Crippen LogP contribution < -0.4 is 0 Å². The van der Waals surface area contributed by atoms with Gasteiger partial charge in [0, 0.05) is 0 Å². The minimum atomic E-state index is -4.23. The summed E-state index contributed by atoms with van der Waals surface area (Å²) in [7, 11) is -4.23. The highest BCUT2D eigenvalue weighted by molar-refractivity contribution is 7.85. The van der Waals surface area contributed by atoms with Gasteiger partial charge in [-0.05, 0) is 30.7 Å². The van der Waals surface area contributed by atoms with E-state index in [-0.39, 0.29) is 10.5 Å². The Morgan fingerprint density at radius 3 is 2.00 bits per heavy atom. The van der Waals surface area contributed by atoms with Crippen molar-refractivity contribution in [2.24, 2.45) is 0 Å². The van der Waals surface area contributed by atoms with E-state index in [1.54, 1.807) is 0 Å². The molecule has 1 rings (SSSR count). The van der Waals surface area contributed by atoms with E-state index >= 15 is 0 Å². The molecule has 5 nitrogen and oxygen atoms in total. The van der Waals surface area contributed by atoms with Gasteiger partial charge in [0.05, 0.1) is 17.1 Å². The monoisotopic (exact) mass is 342 g/mol. The third-order valence-electron chi connectivity index (χ3n) is 3.62. The summed E-state index contributed by atoms with van der Waals surface area (Å²) in [5.41, 5.74) is 0.275.